The van der Waals surface area contributed by atoms with Crippen LogP contribution < -0.4 is 15.8 Å². The van der Waals surface area contributed by atoms with E-state index in [2.05, 4.69) is 20.3 Å². The number of nitrogens with two attached hydrogens (primary N) is 1. The summed E-state index contributed by atoms with van der Waals surface area (Å²) in [6.45, 7) is 2.57. The standard InChI is InChI=1S/C21H20N6O2/c1-13-11-24-20(26-19(13)23-12-14-7-4-3-5-8-14)27-16-10-6-9-15(18(22)28)17(16)25-21(27)29-2/h3-11H,12H2,1-2H3,(H2,22,28)(H,23,24,26). The van der Waals surface area contributed by atoms with E-state index in [4.69, 9.17) is 10.5 Å². The van der Waals surface area contributed by atoms with Crippen LogP contribution in [0.2, 0.25) is 0 Å². The van der Waals surface area contributed by atoms with Crippen molar-refractivity contribution in [3.05, 3.63) is 71.4 Å². The molecule has 0 aliphatic heterocycles. The Bertz CT molecular complexity index is 1190. The maximum atomic E-state index is 11.8. The SMILES string of the molecule is COc1nc2c(C(N)=O)cccc2n1-c1ncc(C)c(NCc2ccccc2)n1. The molecule has 146 valence electrons. The molecule has 4 rings (SSSR count). The second-order valence-electron chi connectivity index (χ2n) is 6.51. The highest BCUT2D eigenvalue weighted by atomic mass is 16.5. The lowest BCUT2D eigenvalue weighted by molar-refractivity contribution is 0.100. The number of anilines is 1. The summed E-state index contributed by atoms with van der Waals surface area (Å²) in [6, 6.07) is 15.5. The van der Waals surface area contributed by atoms with E-state index in [9.17, 15) is 4.79 Å². The predicted molar refractivity (Wildman–Crippen MR) is 110 cm³/mol. The number of ether oxygens (including phenoxy) is 1. The van der Waals surface area contributed by atoms with Gasteiger partial charge in [-0.3, -0.25) is 4.79 Å². The quantitative estimate of drug-likeness (QED) is 0.526. The number of imidazole rings is 1. The summed E-state index contributed by atoms with van der Waals surface area (Å²) < 4.78 is 7.08. The Morgan fingerprint density at radius 1 is 1.14 bits per heavy atom. The van der Waals surface area contributed by atoms with Crippen molar-refractivity contribution < 1.29 is 9.53 Å². The number of carbonyl (C=O) groups excluding carboxylic acids is 1. The van der Waals surface area contributed by atoms with Crippen LogP contribution in [0.1, 0.15) is 21.5 Å². The number of aryl methyl sites for hydroxylation is 1. The molecule has 3 N–H and O–H groups in total. The van der Waals surface area contributed by atoms with E-state index in [-0.39, 0.29) is 6.01 Å². The normalized spacial score (nSPS) is 10.8. The molecule has 0 radical (unpaired) electrons. The van der Waals surface area contributed by atoms with Gasteiger partial charge in [-0.2, -0.15) is 9.97 Å². The molecule has 2 aromatic heterocycles. The van der Waals surface area contributed by atoms with E-state index in [0.717, 1.165) is 11.1 Å². The number of hydrogen-bond acceptors (Lipinski definition) is 6. The van der Waals surface area contributed by atoms with E-state index in [1.54, 1.807) is 22.9 Å². The van der Waals surface area contributed by atoms with Crippen molar-refractivity contribution >= 4 is 22.8 Å². The van der Waals surface area contributed by atoms with Gasteiger partial charge in [0, 0.05) is 18.3 Å². The molecular weight excluding hydrogens is 368 g/mol. The molecule has 2 heterocycles. The van der Waals surface area contributed by atoms with Crippen LogP contribution in [0.5, 0.6) is 6.01 Å². The Morgan fingerprint density at radius 2 is 1.93 bits per heavy atom. The van der Waals surface area contributed by atoms with Crippen LogP contribution >= 0.6 is 0 Å². The molecule has 0 aliphatic rings. The van der Waals surface area contributed by atoms with Crippen molar-refractivity contribution in [1.29, 1.82) is 0 Å². The third-order valence-electron chi connectivity index (χ3n) is 4.56. The Labute approximate surface area is 167 Å². The van der Waals surface area contributed by atoms with Gasteiger partial charge in [-0.05, 0) is 24.6 Å². The van der Waals surface area contributed by atoms with Crippen molar-refractivity contribution in [1.82, 2.24) is 19.5 Å². The summed E-state index contributed by atoms with van der Waals surface area (Å²) in [5.74, 6) is 0.527. The lowest BCUT2D eigenvalue weighted by Gasteiger charge is -2.12. The van der Waals surface area contributed by atoms with Gasteiger partial charge in [-0.25, -0.2) is 9.55 Å². The summed E-state index contributed by atoms with van der Waals surface area (Å²) in [7, 11) is 1.50. The average Bonchev–Trinajstić information content (AvgIpc) is 3.12. The van der Waals surface area contributed by atoms with Gasteiger partial charge in [-0.15, -0.1) is 0 Å². The molecule has 0 saturated carbocycles. The van der Waals surface area contributed by atoms with Crippen molar-refractivity contribution in [2.24, 2.45) is 5.73 Å². The Kier molecular flexibility index (Phi) is 4.82. The van der Waals surface area contributed by atoms with Crippen LogP contribution in [-0.2, 0) is 6.54 Å². The lowest BCUT2D eigenvalue weighted by atomic mass is 10.2. The maximum Gasteiger partial charge on any atom is 0.304 e. The van der Waals surface area contributed by atoms with Gasteiger partial charge >= 0.3 is 6.01 Å². The van der Waals surface area contributed by atoms with Gasteiger partial charge < -0.3 is 15.8 Å². The summed E-state index contributed by atoms with van der Waals surface area (Å²) in [6.07, 6.45) is 1.73. The van der Waals surface area contributed by atoms with Gasteiger partial charge in [0.05, 0.1) is 18.2 Å². The third-order valence-corrected chi connectivity index (χ3v) is 4.56. The van der Waals surface area contributed by atoms with Gasteiger partial charge in [0.15, 0.2) is 0 Å². The number of hydrogen-bond donors (Lipinski definition) is 2. The first-order valence-electron chi connectivity index (χ1n) is 9.05. The molecule has 8 nitrogen and oxygen atoms in total. The minimum Gasteiger partial charge on any atom is -0.468 e. The first-order valence-corrected chi connectivity index (χ1v) is 9.05. The fraction of sp³-hybridized carbons (Fsp3) is 0.143. The van der Waals surface area contributed by atoms with Crippen LogP contribution in [0.3, 0.4) is 0 Å². The van der Waals surface area contributed by atoms with Crippen LogP contribution in [-0.4, -0.2) is 32.5 Å². The summed E-state index contributed by atoms with van der Waals surface area (Å²) in [5.41, 5.74) is 8.93. The zero-order chi connectivity index (χ0) is 20.4. The number of aromatic nitrogens is 4. The molecule has 1 amide bonds. The third kappa shape index (κ3) is 3.47. The minimum absolute atomic E-state index is 0.270. The number of para-hydroxylation sites is 1. The molecule has 0 unspecified atom stereocenters. The number of nitrogens with one attached hydrogen (secondary N) is 1. The second-order valence-corrected chi connectivity index (χ2v) is 6.51. The van der Waals surface area contributed by atoms with E-state index in [1.165, 1.54) is 7.11 Å². The zero-order valence-electron chi connectivity index (χ0n) is 16.1. The molecular formula is C21H20N6O2. The van der Waals surface area contributed by atoms with Crippen LogP contribution in [0, 0.1) is 6.92 Å². The molecule has 0 aliphatic carbocycles. The van der Waals surface area contributed by atoms with Crippen LogP contribution in [0.4, 0.5) is 5.82 Å². The molecule has 2 aromatic carbocycles. The summed E-state index contributed by atoms with van der Waals surface area (Å²) >= 11 is 0. The molecule has 0 fully saturated rings. The molecule has 29 heavy (non-hydrogen) atoms. The van der Waals surface area contributed by atoms with Crippen LogP contribution in [0.25, 0.3) is 17.0 Å². The van der Waals surface area contributed by atoms with Crippen molar-refractivity contribution in [2.75, 3.05) is 12.4 Å². The molecule has 4 aromatic rings. The van der Waals surface area contributed by atoms with Gasteiger partial charge in [0.25, 0.3) is 5.91 Å². The molecule has 0 atom stereocenters. The van der Waals surface area contributed by atoms with Crippen LogP contribution in [0.15, 0.2) is 54.7 Å². The lowest BCUT2D eigenvalue weighted by Crippen LogP contribution is -2.11. The molecule has 0 bridgehead atoms. The van der Waals surface area contributed by atoms with Gasteiger partial charge in [0.1, 0.15) is 11.3 Å². The zero-order valence-corrected chi connectivity index (χ0v) is 16.1. The van der Waals surface area contributed by atoms with Crippen molar-refractivity contribution in [3.63, 3.8) is 0 Å². The largest absolute Gasteiger partial charge is 0.468 e. The Hall–Kier alpha value is -3.94. The summed E-state index contributed by atoms with van der Waals surface area (Å²) in [5, 5.41) is 3.35. The van der Waals surface area contributed by atoms with E-state index in [1.807, 2.05) is 43.3 Å². The number of primary amides is 1. The monoisotopic (exact) mass is 388 g/mol. The fourth-order valence-electron chi connectivity index (χ4n) is 3.11. The Morgan fingerprint density at radius 3 is 2.66 bits per heavy atom. The minimum atomic E-state index is -0.557. The first kappa shape index (κ1) is 18.4. The van der Waals surface area contributed by atoms with E-state index < -0.39 is 5.91 Å². The summed E-state index contributed by atoms with van der Waals surface area (Å²) in [4.78, 5) is 25.3. The second kappa shape index (κ2) is 7.59. The van der Waals surface area contributed by atoms with Crippen molar-refractivity contribution in [3.8, 4) is 12.0 Å². The fourth-order valence-corrected chi connectivity index (χ4v) is 3.11. The number of fused-ring (bicyclic) bond motifs is 1. The van der Waals surface area contributed by atoms with Gasteiger partial charge in [-0.1, -0.05) is 36.4 Å². The number of amides is 1. The molecule has 0 spiro atoms. The van der Waals surface area contributed by atoms with Gasteiger partial charge in [0.2, 0.25) is 5.95 Å². The molecule has 0 saturated heterocycles. The Balaban J connectivity index is 1.78. The molecule has 8 heteroatoms. The number of nitrogens with zero attached hydrogens (tertiary/aromatic N) is 4. The topological polar surface area (TPSA) is 108 Å². The predicted octanol–water partition coefficient (Wildman–Crippen LogP) is 2.84. The number of methoxy groups -OCH3 is 1. The number of rotatable bonds is 6. The average molecular weight is 388 g/mol. The maximum absolute atomic E-state index is 11.8. The first-order chi connectivity index (χ1) is 14.1. The van der Waals surface area contributed by atoms with E-state index >= 15 is 0 Å². The van der Waals surface area contributed by atoms with Crippen molar-refractivity contribution in [2.45, 2.75) is 13.5 Å². The number of benzene rings is 2. The number of carbonyl (C=O) groups is 1. The highest BCUT2D eigenvalue weighted by Gasteiger charge is 2.19. The highest BCUT2D eigenvalue weighted by molar-refractivity contribution is 6.04. The van der Waals surface area contributed by atoms with E-state index in [0.29, 0.717) is 34.9 Å². The smallest absolute Gasteiger partial charge is 0.304 e. The highest BCUT2D eigenvalue weighted by Crippen LogP contribution is 2.27.